The summed E-state index contributed by atoms with van der Waals surface area (Å²) >= 11 is 0. The third-order valence-corrected chi connectivity index (χ3v) is 8.42. The van der Waals surface area contributed by atoms with E-state index in [-0.39, 0.29) is 29.5 Å². The minimum atomic E-state index is -1.24. The lowest BCUT2D eigenvalue weighted by molar-refractivity contribution is -0.241. The molecule has 0 saturated heterocycles. The van der Waals surface area contributed by atoms with Gasteiger partial charge in [0.2, 0.25) is 0 Å². The molecule has 6 heteroatoms. The minimum absolute atomic E-state index is 0.0568. The van der Waals surface area contributed by atoms with Gasteiger partial charge in [0.15, 0.2) is 0 Å². The number of esters is 2. The van der Waals surface area contributed by atoms with Crippen LogP contribution in [0.1, 0.15) is 61.8 Å². The molecule has 0 aromatic rings. The molecular weight excluding hydrogens is 396 g/mol. The largest absolute Gasteiger partial charge is 0.456 e. The molecule has 172 valence electrons. The van der Waals surface area contributed by atoms with E-state index in [0.29, 0.717) is 17.6 Å². The number of ether oxygens (including phenoxy) is 2. The van der Waals surface area contributed by atoms with Crippen molar-refractivity contribution < 1.29 is 29.0 Å². The number of rotatable bonds is 4. The topological polar surface area (TPSA) is 89.9 Å². The maximum Gasteiger partial charge on any atom is 0.333 e. The second-order valence-corrected chi connectivity index (χ2v) is 10.5. The summed E-state index contributed by atoms with van der Waals surface area (Å²) in [6.07, 6.45) is 0.715. The molecule has 8 atom stereocenters. The third kappa shape index (κ3) is 3.29. The molecule has 4 rings (SSSR count). The van der Waals surface area contributed by atoms with Crippen LogP contribution >= 0.6 is 0 Å². The number of aliphatic hydroxyl groups is 1. The summed E-state index contributed by atoms with van der Waals surface area (Å²) in [5.41, 5.74) is -0.498. The standard InChI is InChI=1S/C25H36O6/c1-9-12(3)22(28)30-20-19(27)21(31-23(29)13(4)10-2)25(8)16-14(5)11-15(26)17(25)18(16)24(20,6)7/h9-10,14,16-21,27H,11H2,1-8H3/b12-9-,13-10-/t14-,16+,17-,18+,19-,20-,21-,25-/m1/s1. The lowest BCUT2D eigenvalue weighted by atomic mass is 9.35. The van der Waals surface area contributed by atoms with E-state index < -0.39 is 41.1 Å². The second-order valence-electron chi connectivity index (χ2n) is 10.5. The number of Topliss-reactive ketones (excluding diaryl/α,β-unsaturated/α-hetero) is 1. The quantitative estimate of drug-likeness (QED) is 0.539. The highest BCUT2D eigenvalue weighted by molar-refractivity contribution is 5.89. The van der Waals surface area contributed by atoms with Gasteiger partial charge in [-0.05, 0) is 45.4 Å². The molecule has 31 heavy (non-hydrogen) atoms. The van der Waals surface area contributed by atoms with Crippen LogP contribution in [0.3, 0.4) is 0 Å². The van der Waals surface area contributed by atoms with Crippen LogP contribution in [-0.2, 0) is 23.9 Å². The third-order valence-electron chi connectivity index (χ3n) is 8.42. The molecule has 0 aromatic carbocycles. The Kier molecular flexibility index (Phi) is 6.02. The minimum Gasteiger partial charge on any atom is -0.456 e. The van der Waals surface area contributed by atoms with E-state index in [2.05, 4.69) is 6.92 Å². The molecule has 0 heterocycles. The Bertz CT molecular complexity index is 852. The highest BCUT2D eigenvalue weighted by atomic mass is 16.6. The van der Waals surface area contributed by atoms with Gasteiger partial charge in [0, 0.05) is 34.3 Å². The smallest absolute Gasteiger partial charge is 0.333 e. The molecule has 4 bridgehead atoms. The lowest BCUT2D eigenvalue weighted by Crippen LogP contribution is -2.71. The molecular formula is C25H36O6. The van der Waals surface area contributed by atoms with E-state index in [1.165, 1.54) is 0 Å². The van der Waals surface area contributed by atoms with Gasteiger partial charge in [-0.25, -0.2) is 9.59 Å². The normalized spacial score (nSPS) is 41.7. The Morgan fingerprint density at radius 2 is 1.45 bits per heavy atom. The van der Waals surface area contributed by atoms with Gasteiger partial charge < -0.3 is 14.6 Å². The first kappa shape index (κ1) is 23.7. The molecule has 4 aliphatic rings. The van der Waals surface area contributed by atoms with Crippen molar-refractivity contribution in [3.63, 3.8) is 0 Å². The number of ketones is 1. The predicted molar refractivity (Wildman–Crippen MR) is 116 cm³/mol. The average molecular weight is 433 g/mol. The van der Waals surface area contributed by atoms with Crippen molar-refractivity contribution in [3.05, 3.63) is 23.3 Å². The summed E-state index contributed by atoms with van der Waals surface area (Å²) in [6.45, 7) is 14.7. The van der Waals surface area contributed by atoms with Gasteiger partial charge in [0.25, 0.3) is 0 Å². The fourth-order valence-electron chi connectivity index (χ4n) is 6.64. The average Bonchev–Trinajstić information content (AvgIpc) is 2.78. The van der Waals surface area contributed by atoms with E-state index in [4.69, 9.17) is 9.47 Å². The predicted octanol–water partition coefficient (Wildman–Crippen LogP) is 3.62. The molecule has 0 radical (unpaired) electrons. The van der Waals surface area contributed by atoms with E-state index in [1.807, 2.05) is 20.8 Å². The van der Waals surface area contributed by atoms with Crippen molar-refractivity contribution in [2.45, 2.75) is 80.1 Å². The van der Waals surface area contributed by atoms with Crippen molar-refractivity contribution in [1.29, 1.82) is 0 Å². The van der Waals surface area contributed by atoms with Crippen LogP contribution in [0.25, 0.3) is 0 Å². The van der Waals surface area contributed by atoms with Crippen molar-refractivity contribution in [2.24, 2.45) is 34.5 Å². The molecule has 0 aromatic heterocycles. The summed E-state index contributed by atoms with van der Waals surface area (Å²) in [7, 11) is 0. The van der Waals surface area contributed by atoms with Gasteiger partial charge in [-0.1, -0.05) is 39.8 Å². The van der Waals surface area contributed by atoms with Gasteiger partial charge in [-0.3, -0.25) is 4.79 Å². The zero-order valence-electron chi connectivity index (χ0n) is 19.9. The highest BCUT2D eigenvalue weighted by Crippen LogP contribution is 2.73. The van der Waals surface area contributed by atoms with Crippen LogP contribution in [0, 0.1) is 34.5 Å². The summed E-state index contributed by atoms with van der Waals surface area (Å²) in [5, 5.41) is 11.5. The van der Waals surface area contributed by atoms with Gasteiger partial charge in [0.1, 0.15) is 24.1 Å². The molecule has 4 saturated carbocycles. The number of allylic oxidation sites excluding steroid dienone is 2. The zero-order chi connectivity index (χ0) is 23.5. The second kappa shape index (κ2) is 7.88. The Balaban J connectivity index is 2.12. The van der Waals surface area contributed by atoms with Crippen molar-refractivity contribution in [1.82, 2.24) is 0 Å². The fourth-order valence-corrected chi connectivity index (χ4v) is 6.64. The van der Waals surface area contributed by atoms with E-state index >= 15 is 0 Å². The molecule has 4 fully saturated rings. The van der Waals surface area contributed by atoms with Crippen molar-refractivity contribution >= 4 is 17.7 Å². The van der Waals surface area contributed by atoms with Gasteiger partial charge in [0.05, 0.1) is 0 Å². The molecule has 4 aliphatic carbocycles. The van der Waals surface area contributed by atoms with Crippen LogP contribution < -0.4 is 0 Å². The van der Waals surface area contributed by atoms with Crippen LogP contribution in [0.5, 0.6) is 0 Å². The summed E-state index contributed by atoms with van der Waals surface area (Å²) in [4.78, 5) is 38.6. The van der Waals surface area contributed by atoms with Gasteiger partial charge in [-0.15, -0.1) is 0 Å². The number of hydrogen-bond acceptors (Lipinski definition) is 6. The maximum absolute atomic E-state index is 13.2. The van der Waals surface area contributed by atoms with Crippen molar-refractivity contribution in [3.8, 4) is 0 Å². The molecule has 0 unspecified atom stereocenters. The maximum atomic E-state index is 13.2. The summed E-state index contributed by atoms with van der Waals surface area (Å²) < 4.78 is 11.8. The van der Waals surface area contributed by atoms with Crippen LogP contribution in [-0.4, -0.2) is 41.1 Å². The van der Waals surface area contributed by atoms with E-state index in [9.17, 15) is 19.5 Å². The first-order valence-electron chi connectivity index (χ1n) is 11.2. The molecule has 0 spiro atoms. The van der Waals surface area contributed by atoms with Gasteiger partial charge >= 0.3 is 11.9 Å². The van der Waals surface area contributed by atoms with Crippen LogP contribution in [0.15, 0.2) is 23.3 Å². The number of hydrogen-bond donors (Lipinski definition) is 1. The Labute approximate surface area is 185 Å². The van der Waals surface area contributed by atoms with E-state index in [0.717, 1.165) is 0 Å². The first-order valence-corrected chi connectivity index (χ1v) is 11.2. The van der Waals surface area contributed by atoms with Crippen molar-refractivity contribution in [2.75, 3.05) is 0 Å². The summed E-state index contributed by atoms with van der Waals surface area (Å²) in [6, 6.07) is 0. The Morgan fingerprint density at radius 3 is 1.90 bits per heavy atom. The first-order chi connectivity index (χ1) is 14.3. The number of aliphatic hydroxyl groups excluding tert-OH is 1. The molecule has 0 amide bonds. The lowest BCUT2D eigenvalue weighted by Gasteiger charge is -2.68. The Morgan fingerprint density at radius 1 is 0.968 bits per heavy atom. The Hall–Kier alpha value is -1.95. The molecule has 0 aliphatic heterocycles. The number of carbonyl (C=O) groups is 3. The zero-order valence-corrected chi connectivity index (χ0v) is 19.9. The summed E-state index contributed by atoms with van der Waals surface area (Å²) in [5.74, 6) is -1.12. The fraction of sp³-hybridized carbons (Fsp3) is 0.720. The highest BCUT2D eigenvalue weighted by Gasteiger charge is 2.77. The molecule has 1 N–H and O–H groups in total. The van der Waals surface area contributed by atoms with Crippen LogP contribution in [0.4, 0.5) is 0 Å². The molecule has 6 nitrogen and oxygen atoms in total. The monoisotopic (exact) mass is 432 g/mol. The number of fused-ring (bicyclic) bond motifs is 3. The number of carbonyl (C=O) groups excluding carboxylic acids is 3. The van der Waals surface area contributed by atoms with Gasteiger partial charge in [-0.2, -0.15) is 0 Å². The van der Waals surface area contributed by atoms with E-state index in [1.54, 1.807) is 39.8 Å². The van der Waals surface area contributed by atoms with Crippen LogP contribution in [0.2, 0.25) is 0 Å². The SMILES string of the molecule is C/C=C(/C)C(=O)O[C@@H]1[C@@H](O)[C@@H](OC(=O)/C(C)=C\C)[C@]2(C)[C@@H]3[C@@H]([C@H]2C(=O)C[C@H]3C)C1(C)C.